The van der Waals surface area contributed by atoms with Crippen molar-refractivity contribution < 1.29 is 4.52 Å². The molecule has 0 aliphatic carbocycles. The van der Waals surface area contributed by atoms with Crippen molar-refractivity contribution in [3.05, 3.63) is 60.2 Å². The van der Waals surface area contributed by atoms with Crippen molar-refractivity contribution in [1.82, 2.24) is 15.5 Å². The molecule has 0 radical (unpaired) electrons. The maximum atomic E-state index is 4.72. The highest BCUT2D eigenvalue weighted by molar-refractivity contribution is 5.83. The van der Waals surface area contributed by atoms with Crippen molar-refractivity contribution in [2.45, 2.75) is 19.4 Å². The number of fused-ring (bicyclic) bond motifs is 1. The molecule has 0 amide bonds. The number of rotatable bonds is 5. The topological polar surface area (TPSA) is 51.0 Å². The molecule has 20 heavy (non-hydrogen) atoms. The van der Waals surface area contributed by atoms with Crippen LogP contribution in [0.5, 0.6) is 0 Å². The molecule has 1 aromatic heterocycles. The number of hydrogen-bond acceptors (Lipinski definition) is 4. The molecule has 1 unspecified atom stereocenters. The molecule has 3 aromatic rings. The third-order valence-corrected chi connectivity index (χ3v) is 3.48. The number of nitrogens with one attached hydrogen (secondary N) is 1. The van der Waals surface area contributed by atoms with Crippen LogP contribution in [0.15, 0.2) is 53.4 Å². The van der Waals surface area contributed by atoms with Gasteiger partial charge < -0.3 is 9.84 Å². The number of benzene rings is 2. The Morgan fingerprint density at radius 1 is 1.15 bits per heavy atom. The molecule has 0 aliphatic heterocycles. The number of aromatic nitrogens is 2. The van der Waals surface area contributed by atoms with Crippen LogP contribution in [0.1, 0.15) is 24.4 Å². The standard InChI is InChI=1S/C16H17N3O/c1-12(17-9-8-16-18-11-20-19-16)14-7-6-13-4-2-3-5-15(13)10-14/h2-7,10-12,17H,8-9H2,1H3. The van der Waals surface area contributed by atoms with E-state index in [1.165, 1.54) is 22.7 Å². The second kappa shape index (κ2) is 5.84. The van der Waals surface area contributed by atoms with Crippen LogP contribution >= 0.6 is 0 Å². The van der Waals surface area contributed by atoms with Crippen LogP contribution < -0.4 is 5.32 Å². The van der Waals surface area contributed by atoms with Gasteiger partial charge in [0.2, 0.25) is 6.39 Å². The molecule has 2 aromatic carbocycles. The summed E-state index contributed by atoms with van der Waals surface area (Å²) >= 11 is 0. The molecular formula is C16H17N3O. The molecule has 4 nitrogen and oxygen atoms in total. The summed E-state index contributed by atoms with van der Waals surface area (Å²) in [7, 11) is 0. The highest BCUT2D eigenvalue weighted by Crippen LogP contribution is 2.20. The van der Waals surface area contributed by atoms with Crippen molar-refractivity contribution >= 4 is 10.8 Å². The van der Waals surface area contributed by atoms with Crippen LogP contribution in [-0.4, -0.2) is 16.7 Å². The van der Waals surface area contributed by atoms with Crippen LogP contribution in [0.3, 0.4) is 0 Å². The molecule has 3 rings (SSSR count). The zero-order valence-corrected chi connectivity index (χ0v) is 11.4. The molecule has 1 heterocycles. The molecule has 0 spiro atoms. The molecule has 1 atom stereocenters. The predicted octanol–water partition coefficient (Wildman–Crippen LogP) is 3.12. The molecule has 0 saturated carbocycles. The van der Waals surface area contributed by atoms with Crippen LogP contribution in [0.2, 0.25) is 0 Å². The van der Waals surface area contributed by atoms with Gasteiger partial charge in [0.1, 0.15) is 0 Å². The van der Waals surface area contributed by atoms with E-state index in [1.807, 2.05) is 0 Å². The van der Waals surface area contributed by atoms with Crippen molar-refractivity contribution in [3.8, 4) is 0 Å². The molecule has 102 valence electrons. The quantitative estimate of drug-likeness (QED) is 0.771. The Hall–Kier alpha value is -2.20. The summed E-state index contributed by atoms with van der Waals surface area (Å²) in [6, 6.07) is 15.3. The summed E-state index contributed by atoms with van der Waals surface area (Å²) in [5.41, 5.74) is 1.29. The predicted molar refractivity (Wildman–Crippen MR) is 78.4 cm³/mol. The van der Waals surface area contributed by atoms with Crippen LogP contribution in [0, 0.1) is 0 Å². The lowest BCUT2D eigenvalue weighted by Gasteiger charge is -2.14. The van der Waals surface area contributed by atoms with E-state index in [-0.39, 0.29) is 0 Å². The van der Waals surface area contributed by atoms with Gasteiger partial charge in [-0.3, -0.25) is 0 Å². The van der Waals surface area contributed by atoms with Crippen molar-refractivity contribution in [2.75, 3.05) is 6.54 Å². The molecular weight excluding hydrogens is 250 g/mol. The van der Waals surface area contributed by atoms with Gasteiger partial charge in [-0.25, -0.2) is 0 Å². The number of nitrogens with zero attached hydrogens (tertiary/aromatic N) is 2. The lowest BCUT2D eigenvalue weighted by molar-refractivity contribution is 0.408. The smallest absolute Gasteiger partial charge is 0.213 e. The highest BCUT2D eigenvalue weighted by atomic mass is 16.5. The lowest BCUT2D eigenvalue weighted by Crippen LogP contribution is -2.21. The van der Waals surface area contributed by atoms with E-state index in [0.717, 1.165) is 18.8 Å². The first-order chi connectivity index (χ1) is 9.83. The summed E-state index contributed by atoms with van der Waals surface area (Å²) in [6.45, 7) is 2.99. The van der Waals surface area contributed by atoms with Gasteiger partial charge in [-0.1, -0.05) is 41.6 Å². The Morgan fingerprint density at radius 2 is 2.00 bits per heavy atom. The minimum atomic E-state index is 0.298. The molecule has 1 N–H and O–H groups in total. The van der Waals surface area contributed by atoms with Crippen LogP contribution in [0.4, 0.5) is 0 Å². The SMILES string of the molecule is CC(NCCc1ncon1)c1ccc2ccccc2c1. The Balaban J connectivity index is 1.64. The Kier molecular flexibility index (Phi) is 3.74. The zero-order valence-electron chi connectivity index (χ0n) is 11.4. The van der Waals surface area contributed by atoms with E-state index in [4.69, 9.17) is 4.52 Å². The zero-order chi connectivity index (χ0) is 13.8. The van der Waals surface area contributed by atoms with Crippen molar-refractivity contribution in [3.63, 3.8) is 0 Å². The molecule has 0 aliphatic rings. The van der Waals surface area contributed by atoms with Crippen molar-refractivity contribution in [1.29, 1.82) is 0 Å². The monoisotopic (exact) mass is 267 g/mol. The Morgan fingerprint density at radius 3 is 2.80 bits per heavy atom. The minimum absolute atomic E-state index is 0.298. The van der Waals surface area contributed by atoms with Crippen molar-refractivity contribution in [2.24, 2.45) is 0 Å². The van der Waals surface area contributed by atoms with E-state index in [1.54, 1.807) is 0 Å². The van der Waals surface area contributed by atoms with Crippen LogP contribution in [0.25, 0.3) is 10.8 Å². The molecule has 0 fully saturated rings. The first-order valence-corrected chi connectivity index (χ1v) is 6.80. The number of hydrogen-bond donors (Lipinski definition) is 1. The molecule has 0 bridgehead atoms. The van der Waals surface area contributed by atoms with E-state index >= 15 is 0 Å². The largest absolute Gasteiger partial charge is 0.343 e. The average Bonchev–Trinajstić information content (AvgIpc) is 3.00. The van der Waals surface area contributed by atoms with Gasteiger partial charge in [0.15, 0.2) is 5.82 Å². The Bertz CT molecular complexity index is 679. The highest BCUT2D eigenvalue weighted by Gasteiger charge is 2.06. The van der Waals surface area contributed by atoms with E-state index in [9.17, 15) is 0 Å². The second-order valence-electron chi connectivity index (χ2n) is 4.88. The minimum Gasteiger partial charge on any atom is -0.343 e. The maximum absolute atomic E-state index is 4.72. The first-order valence-electron chi connectivity index (χ1n) is 6.80. The van der Waals surface area contributed by atoms with Crippen LogP contribution in [-0.2, 0) is 6.42 Å². The third kappa shape index (κ3) is 2.86. The van der Waals surface area contributed by atoms with Gasteiger partial charge in [0, 0.05) is 19.0 Å². The summed E-state index contributed by atoms with van der Waals surface area (Å²) in [4.78, 5) is 4.01. The fraction of sp³-hybridized carbons (Fsp3) is 0.250. The normalized spacial score (nSPS) is 12.7. The van der Waals surface area contributed by atoms with E-state index in [2.05, 4.69) is 64.8 Å². The van der Waals surface area contributed by atoms with Gasteiger partial charge in [-0.15, -0.1) is 0 Å². The Labute approximate surface area is 117 Å². The molecule has 4 heteroatoms. The maximum Gasteiger partial charge on any atom is 0.213 e. The fourth-order valence-electron chi connectivity index (χ4n) is 2.30. The lowest BCUT2D eigenvalue weighted by atomic mass is 10.0. The first kappa shape index (κ1) is 12.8. The average molecular weight is 267 g/mol. The summed E-state index contributed by atoms with van der Waals surface area (Å²) in [5, 5.41) is 9.83. The fourth-order valence-corrected chi connectivity index (χ4v) is 2.30. The third-order valence-electron chi connectivity index (χ3n) is 3.48. The summed E-state index contributed by atoms with van der Waals surface area (Å²) < 4.78 is 4.72. The van der Waals surface area contributed by atoms with Gasteiger partial charge in [-0.05, 0) is 29.3 Å². The van der Waals surface area contributed by atoms with E-state index in [0.29, 0.717) is 6.04 Å². The van der Waals surface area contributed by atoms with E-state index < -0.39 is 0 Å². The van der Waals surface area contributed by atoms with Gasteiger partial charge >= 0.3 is 0 Å². The second-order valence-corrected chi connectivity index (χ2v) is 4.88. The summed E-state index contributed by atoms with van der Waals surface area (Å²) in [6.07, 6.45) is 2.14. The van der Waals surface area contributed by atoms with Gasteiger partial charge in [0.05, 0.1) is 0 Å². The van der Waals surface area contributed by atoms with Gasteiger partial charge in [-0.2, -0.15) is 4.98 Å². The molecule has 0 saturated heterocycles. The summed E-state index contributed by atoms with van der Waals surface area (Å²) in [5.74, 6) is 0.739. The van der Waals surface area contributed by atoms with Gasteiger partial charge in [0.25, 0.3) is 0 Å².